The third kappa shape index (κ3) is 11.5. The van der Waals surface area contributed by atoms with Crippen LogP contribution >= 0.6 is 7.60 Å². The molecule has 0 aliphatic rings. The van der Waals surface area contributed by atoms with Crippen LogP contribution in [0.4, 0.5) is 4.39 Å². The van der Waals surface area contributed by atoms with Crippen molar-refractivity contribution in [2.24, 2.45) is 0 Å². The van der Waals surface area contributed by atoms with Crippen LogP contribution < -0.4 is 0 Å². The predicted molar refractivity (Wildman–Crippen MR) is 81.2 cm³/mol. The zero-order chi connectivity index (χ0) is 17.4. The molecule has 0 unspecified atom stereocenters. The Hall–Kier alpha value is -0.0500. The van der Waals surface area contributed by atoms with Gasteiger partial charge in [-0.25, -0.2) is 0 Å². The summed E-state index contributed by atoms with van der Waals surface area (Å²) < 4.78 is 67.4. The molecule has 0 saturated heterocycles. The van der Waals surface area contributed by atoms with E-state index in [-0.39, 0.29) is 25.2 Å². The maximum absolute atomic E-state index is 12.5. The maximum atomic E-state index is 12.5. The lowest BCUT2D eigenvalue weighted by molar-refractivity contribution is 0.0202. The van der Waals surface area contributed by atoms with Crippen LogP contribution in [-0.2, 0) is 32.7 Å². The average Bonchev–Trinajstić information content (AvgIpc) is 2.29. The smallest absolute Gasteiger partial charge is 0.356 e. The van der Waals surface area contributed by atoms with E-state index < -0.39 is 36.8 Å². The molecule has 0 fully saturated rings. The van der Waals surface area contributed by atoms with E-state index >= 15 is 0 Å². The summed E-state index contributed by atoms with van der Waals surface area (Å²) in [6, 6.07) is 0. The molecular formula is C12H26FO7PS. The van der Waals surface area contributed by atoms with Crippen molar-refractivity contribution in [3.8, 4) is 0 Å². The Bertz CT molecular complexity index is 438. The first-order valence-corrected chi connectivity index (χ1v) is 10.5. The summed E-state index contributed by atoms with van der Waals surface area (Å²) in [5, 5.41) is 0. The third-order valence-electron chi connectivity index (χ3n) is 2.11. The minimum absolute atomic E-state index is 0.0844. The fourth-order valence-electron chi connectivity index (χ4n) is 1.46. The van der Waals surface area contributed by atoms with Gasteiger partial charge in [-0.3, -0.25) is 13.1 Å². The van der Waals surface area contributed by atoms with Gasteiger partial charge in [0.25, 0.3) is 10.1 Å². The van der Waals surface area contributed by atoms with Crippen molar-refractivity contribution in [1.82, 2.24) is 0 Å². The molecule has 0 aliphatic carbocycles. The van der Waals surface area contributed by atoms with Crippen molar-refractivity contribution in [2.75, 3.05) is 25.9 Å². The number of ether oxygens (including phenoxy) is 1. The molecule has 0 aromatic heterocycles. The zero-order valence-corrected chi connectivity index (χ0v) is 15.4. The first kappa shape index (κ1) is 21.9. The summed E-state index contributed by atoms with van der Waals surface area (Å²) in [6.07, 6.45) is -1.16. The summed E-state index contributed by atoms with van der Waals surface area (Å²) in [7, 11) is -7.19. The van der Waals surface area contributed by atoms with Crippen molar-refractivity contribution in [1.29, 1.82) is 0 Å². The van der Waals surface area contributed by atoms with Gasteiger partial charge in [0.15, 0.2) is 0 Å². The van der Waals surface area contributed by atoms with Crippen LogP contribution in [0.2, 0.25) is 0 Å². The van der Waals surface area contributed by atoms with Gasteiger partial charge >= 0.3 is 7.60 Å². The van der Waals surface area contributed by atoms with Crippen molar-refractivity contribution in [3.05, 3.63) is 0 Å². The van der Waals surface area contributed by atoms with E-state index in [0.29, 0.717) is 0 Å². The number of halogens is 1. The van der Waals surface area contributed by atoms with Gasteiger partial charge in [-0.1, -0.05) is 0 Å². The third-order valence-corrected chi connectivity index (χ3v) is 4.63. The summed E-state index contributed by atoms with van der Waals surface area (Å²) >= 11 is 0. The molecule has 0 saturated carbocycles. The highest BCUT2D eigenvalue weighted by molar-refractivity contribution is 7.85. The SMILES string of the molecule is CC(C)OP(=O)(CO[C@@H](CCF)COS(C)(=O)=O)OC(C)C. The van der Waals surface area contributed by atoms with Crippen LogP contribution in [0.5, 0.6) is 0 Å². The van der Waals surface area contributed by atoms with Gasteiger partial charge in [0, 0.05) is 6.42 Å². The first-order chi connectivity index (χ1) is 9.97. The number of hydrogen-bond donors (Lipinski definition) is 0. The zero-order valence-electron chi connectivity index (χ0n) is 13.7. The maximum Gasteiger partial charge on any atom is 0.356 e. The highest BCUT2D eigenvalue weighted by Crippen LogP contribution is 2.50. The van der Waals surface area contributed by atoms with Crippen LogP contribution in [-0.4, -0.2) is 52.6 Å². The molecule has 1 atom stereocenters. The normalized spacial score (nSPS) is 14.7. The van der Waals surface area contributed by atoms with Crippen molar-refractivity contribution in [2.45, 2.75) is 52.4 Å². The lowest BCUT2D eigenvalue weighted by atomic mass is 10.3. The topological polar surface area (TPSA) is 88.1 Å². The van der Waals surface area contributed by atoms with Crippen LogP contribution in [0.3, 0.4) is 0 Å². The lowest BCUT2D eigenvalue weighted by Gasteiger charge is -2.24. The Labute approximate surface area is 132 Å². The monoisotopic (exact) mass is 364 g/mol. The Morgan fingerprint density at radius 3 is 1.95 bits per heavy atom. The molecule has 10 heteroatoms. The number of rotatable bonds is 12. The van der Waals surface area contributed by atoms with Gasteiger partial charge in [-0.15, -0.1) is 0 Å². The second kappa shape index (κ2) is 9.95. The standard InChI is InChI=1S/C12H26FO7PS/c1-10(2)19-21(14,20-11(3)4)9-17-12(6-7-13)8-18-22(5,15)16/h10-12H,6-9H2,1-5H3/t12-/m0/s1. The molecule has 134 valence electrons. The van der Waals surface area contributed by atoms with Crippen molar-refractivity contribution >= 4 is 17.7 Å². The van der Waals surface area contributed by atoms with Gasteiger partial charge in [0.2, 0.25) is 0 Å². The lowest BCUT2D eigenvalue weighted by Crippen LogP contribution is -2.24. The minimum Gasteiger partial charge on any atom is -0.363 e. The highest BCUT2D eigenvalue weighted by atomic mass is 32.2. The Morgan fingerprint density at radius 2 is 1.59 bits per heavy atom. The molecule has 0 aromatic carbocycles. The molecular weight excluding hydrogens is 338 g/mol. The predicted octanol–water partition coefficient (Wildman–Crippen LogP) is 2.71. The van der Waals surface area contributed by atoms with Gasteiger partial charge < -0.3 is 13.8 Å². The average molecular weight is 364 g/mol. The fourth-order valence-corrected chi connectivity index (χ4v) is 3.71. The van der Waals surface area contributed by atoms with E-state index in [0.717, 1.165) is 6.26 Å². The summed E-state index contributed by atoms with van der Waals surface area (Å²) in [4.78, 5) is 0. The first-order valence-electron chi connectivity index (χ1n) is 6.95. The van der Waals surface area contributed by atoms with E-state index in [1.165, 1.54) is 0 Å². The van der Waals surface area contributed by atoms with Crippen LogP contribution in [0.1, 0.15) is 34.1 Å². The quantitative estimate of drug-likeness (QED) is 0.388. The molecule has 0 spiro atoms. The second-order valence-electron chi connectivity index (χ2n) is 5.30. The van der Waals surface area contributed by atoms with Crippen LogP contribution in [0.25, 0.3) is 0 Å². The molecule has 0 rings (SSSR count). The fraction of sp³-hybridized carbons (Fsp3) is 1.00. The molecule has 0 aromatic rings. The second-order valence-corrected chi connectivity index (χ2v) is 8.85. The van der Waals surface area contributed by atoms with Crippen molar-refractivity contribution < 1.29 is 35.3 Å². The van der Waals surface area contributed by atoms with Gasteiger partial charge in [0.1, 0.15) is 6.35 Å². The van der Waals surface area contributed by atoms with Gasteiger partial charge in [-0.05, 0) is 27.7 Å². The molecule has 7 nitrogen and oxygen atoms in total. The number of alkyl halides is 1. The van der Waals surface area contributed by atoms with Gasteiger partial charge in [-0.2, -0.15) is 8.42 Å². The van der Waals surface area contributed by atoms with Crippen LogP contribution in [0, 0.1) is 0 Å². The molecule has 0 N–H and O–H groups in total. The van der Waals surface area contributed by atoms with E-state index in [4.69, 9.17) is 13.8 Å². The highest BCUT2D eigenvalue weighted by Gasteiger charge is 2.30. The van der Waals surface area contributed by atoms with Crippen molar-refractivity contribution in [3.63, 3.8) is 0 Å². The summed E-state index contributed by atoms with van der Waals surface area (Å²) in [5.74, 6) is 0. The largest absolute Gasteiger partial charge is 0.363 e. The van der Waals surface area contributed by atoms with E-state index in [1.807, 2.05) is 0 Å². The molecule has 0 radical (unpaired) electrons. The van der Waals surface area contributed by atoms with E-state index in [1.54, 1.807) is 27.7 Å². The molecule has 22 heavy (non-hydrogen) atoms. The Kier molecular flexibility index (Phi) is 9.93. The molecule has 0 bridgehead atoms. The Balaban J connectivity index is 4.70. The number of hydrogen-bond acceptors (Lipinski definition) is 7. The van der Waals surface area contributed by atoms with Crippen LogP contribution in [0.15, 0.2) is 0 Å². The van der Waals surface area contributed by atoms with Gasteiger partial charge in [0.05, 0.1) is 37.8 Å². The minimum atomic E-state index is -3.66. The molecule has 0 amide bonds. The molecule has 0 heterocycles. The van der Waals surface area contributed by atoms with E-state index in [2.05, 4.69) is 4.18 Å². The Morgan fingerprint density at radius 1 is 1.09 bits per heavy atom. The summed E-state index contributed by atoms with van der Waals surface area (Å²) in [5.41, 5.74) is 0. The summed E-state index contributed by atoms with van der Waals surface area (Å²) in [6.45, 7) is 5.71. The molecule has 0 aliphatic heterocycles. The van der Waals surface area contributed by atoms with E-state index in [9.17, 15) is 17.4 Å².